The van der Waals surface area contributed by atoms with Gasteiger partial charge in [-0.1, -0.05) is 12.1 Å². The van der Waals surface area contributed by atoms with Crippen LogP contribution in [0.1, 0.15) is 18.4 Å². The zero-order chi connectivity index (χ0) is 18.5. The molecule has 0 aliphatic rings. The summed E-state index contributed by atoms with van der Waals surface area (Å²) in [4.78, 5) is 10.3. The molecule has 1 amide bonds. The van der Waals surface area contributed by atoms with Crippen LogP contribution in [0.25, 0.3) is 0 Å². The lowest BCUT2D eigenvalue weighted by Gasteiger charge is -2.14. The predicted molar refractivity (Wildman–Crippen MR) is 90.8 cm³/mol. The standard InChI is InChI=1S/C17H27NO7/c19-9-14(20)10-24-11-15(21)12-25-16-6-4-13(5-7-16)3-1-2-8-18-17(22)23/h4-7,14-15,18-21H,1-3,8-12H2,(H,22,23). The highest BCUT2D eigenvalue weighted by Gasteiger charge is 2.08. The Morgan fingerprint density at radius 3 is 2.36 bits per heavy atom. The molecular formula is C17H27NO7. The smallest absolute Gasteiger partial charge is 0.404 e. The average Bonchev–Trinajstić information content (AvgIpc) is 2.60. The monoisotopic (exact) mass is 357 g/mol. The molecule has 142 valence electrons. The van der Waals surface area contributed by atoms with Gasteiger partial charge < -0.3 is 35.2 Å². The van der Waals surface area contributed by atoms with Gasteiger partial charge >= 0.3 is 6.09 Å². The van der Waals surface area contributed by atoms with Gasteiger partial charge in [0.15, 0.2) is 0 Å². The van der Waals surface area contributed by atoms with Crippen molar-refractivity contribution < 1.29 is 34.7 Å². The van der Waals surface area contributed by atoms with Crippen molar-refractivity contribution >= 4 is 6.09 Å². The van der Waals surface area contributed by atoms with Crippen molar-refractivity contribution in [1.82, 2.24) is 5.32 Å². The van der Waals surface area contributed by atoms with Gasteiger partial charge in [0.2, 0.25) is 0 Å². The van der Waals surface area contributed by atoms with Crippen molar-refractivity contribution in [3.8, 4) is 5.75 Å². The molecule has 8 heteroatoms. The first-order valence-corrected chi connectivity index (χ1v) is 8.24. The largest absolute Gasteiger partial charge is 0.491 e. The van der Waals surface area contributed by atoms with Crippen molar-refractivity contribution in [3.63, 3.8) is 0 Å². The molecule has 0 aliphatic carbocycles. The molecule has 0 heterocycles. The minimum Gasteiger partial charge on any atom is -0.491 e. The fraction of sp³-hybridized carbons (Fsp3) is 0.588. The molecule has 0 saturated carbocycles. The van der Waals surface area contributed by atoms with Gasteiger partial charge in [-0.15, -0.1) is 0 Å². The summed E-state index contributed by atoms with van der Waals surface area (Å²) in [5, 5.41) is 38.2. The summed E-state index contributed by atoms with van der Waals surface area (Å²) in [6.07, 6.45) is -0.255. The molecule has 1 rings (SSSR count). The van der Waals surface area contributed by atoms with E-state index in [0.717, 1.165) is 24.8 Å². The summed E-state index contributed by atoms with van der Waals surface area (Å²) in [6.45, 7) is 0.111. The second-order valence-electron chi connectivity index (χ2n) is 5.67. The third-order valence-electron chi connectivity index (χ3n) is 3.37. The van der Waals surface area contributed by atoms with Gasteiger partial charge in [0.1, 0.15) is 24.6 Å². The van der Waals surface area contributed by atoms with Gasteiger partial charge in [-0.05, 0) is 37.0 Å². The van der Waals surface area contributed by atoms with Crippen LogP contribution in [0.2, 0.25) is 0 Å². The third kappa shape index (κ3) is 10.6. The Balaban J connectivity index is 2.17. The first-order valence-electron chi connectivity index (χ1n) is 8.24. The van der Waals surface area contributed by atoms with Crippen molar-refractivity contribution in [1.29, 1.82) is 0 Å². The molecule has 8 nitrogen and oxygen atoms in total. The van der Waals surface area contributed by atoms with Crippen LogP contribution in [-0.2, 0) is 11.2 Å². The van der Waals surface area contributed by atoms with Crippen LogP contribution in [0.5, 0.6) is 5.75 Å². The quantitative estimate of drug-likeness (QED) is 0.323. The van der Waals surface area contributed by atoms with Crippen LogP contribution in [-0.4, -0.2) is 71.7 Å². The maximum atomic E-state index is 10.3. The van der Waals surface area contributed by atoms with E-state index in [0.29, 0.717) is 12.3 Å². The number of aliphatic hydroxyl groups is 3. The summed E-state index contributed by atoms with van der Waals surface area (Å²) in [6, 6.07) is 7.49. The number of hydrogen-bond acceptors (Lipinski definition) is 6. The molecule has 0 radical (unpaired) electrons. The number of rotatable bonds is 13. The lowest BCUT2D eigenvalue weighted by molar-refractivity contribution is -0.0337. The van der Waals surface area contributed by atoms with Gasteiger partial charge in [-0.2, -0.15) is 0 Å². The van der Waals surface area contributed by atoms with E-state index in [-0.39, 0.29) is 26.4 Å². The molecule has 0 saturated heterocycles. The maximum absolute atomic E-state index is 10.3. The first-order chi connectivity index (χ1) is 12.0. The molecule has 0 aromatic heterocycles. The lowest BCUT2D eigenvalue weighted by atomic mass is 10.1. The van der Waals surface area contributed by atoms with Crippen molar-refractivity contribution in [2.24, 2.45) is 0 Å². The zero-order valence-corrected chi connectivity index (χ0v) is 14.1. The van der Waals surface area contributed by atoms with Crippen LogP contribution in [0.3, 0.4) is 0 Å². The SMILES string of the molecule is O=C(O)NCCCCc1ccc(OCC(O)COCC(O)CO)cc1. The van der Waals surface area contributed by atoms with Crippen LogP contribution in [0.15, 0.2) is 24.3 Å². The predicted octanol–water partition coefficient (Wildman–Crippen LogP) is 0.386. The molecule has 2 unspecified atom stereocenters. The Kier molecular flexibility index (Phi) is 10.6. The molecule has 0 bridgehead atoms. The molecule has 1 aromatic rings. The average molecular weight is 357 g/mol. The summed E-state index contributed by atoms with van der Waals surface area (Å²) >= 11 is 0. The molecule has 0 spiro atoms. The molecular weight excluding hydrogens is 330 g/mol. The van der Waals surface area contributed by atoms with E-state index in [2.05, 4.69) is 5.32 Å². The second-order valence-corrected chi connectivity index (χ2v) is 5.67. The fourth-order valence-electron chi connectivity index (χ4n) is 2.04. The highest BCUT2D eigenvalue weighted by atomic mass is 16.5. The normalized spacial score (nSPS) is 13.2. The fourth-order valence-corrected chi connectivity index (χ4v) is 2.04. The number of aryl methyl sites for hydroxylation is 1. The summed E-state index contributed by atoms with van der Waals surface area (Å²) in [7, 11) is 0. The number of aliphatic hydroxyl groups excluding tert-OH is 3. The molecule has 0 fully saturated rings. The van der Waals surface area contributed by atoms with E-state index in [9.17, 15) is 9.90 Å². The second kappa shape index (κ2) is 12.5. The minimum absolute atomic E-state index is 0.0134. The molecule has 5 N–H and O–H groups in total. The number of hydrogen-bond donors (Lipinski definition) is 5. The number of unbranched alkanes of at least 4 members (excludes halogenated alkanes) is 1. The van der Waals surface area contributed by atoms with Crippen molar-refractivity contribution in [3.05, 3.63) is 29.8 Å². The summed E-state index contributed by atoms with van der Waals surface area (Å²) < 4.78 is 10.5. The number of nitrogens with one attached hydrogen (secondary N) is 1. The summed E-state index contributed by atoms with van der Waals surface area (Å²) in [5.74, 6) is 0.630. The van der Waals surface area contributed by atoms with Gasteiger partial charge in [0.05, 0.1) is 19.8 Å². The molecule has 0 aliphatic heterocycles. The van der Waals surface area contributed by atoms with E-state index in [1.54, 1.807) is 0 Å². The minimum atomic E-state index is -1.00. The third-order valence-corrected chi connectivity index (χ3v) is 3.37. The lowest BCUT2D eigenvalue weighted by Crippen LogP contribution is -2.27. The Hall–Kier alpha value is -1.87. The van der Waals surface area contributed by atoms with E-state index >= 15 is 0 Å². The van der Waals surface area contributed by atoms with Gasteiger partial charge in [-0.3, -0.25) is 0 Å². The number of carboxylic acid groups (broad SMARTS) is 1. The van der Waals surface area contributed by atoms with E-state index in [1.165, 1.54) is 0 Å². The topological polar surface area (TPSA) is 128 Å². The van der Waals surface area contributed by atoms with Crippen LogP contribution < -0.4 is 10.1 Å². The van der Waals surface area contributed by atoms with Gasteiger partial charge in [0.25, 0.3) is 0 Å². The van der Waals surface area contributed by atoms with Crippen molar-refractivity contribution in [2.45, 2.75) is 31.5 Å². The van der Waals surface area contributed by atoms with E-state index in [1.807, 2.05) is 24.3 Å². The molecule has 1 aromatic carbocycles. The van der Waals surface area contributed by atoms with Crippen LogP contribution in [0, 0.1) is 0 Å². The highest BCUT2D eigenvalue weighted by molar-refractivity contribution is 5.64. The Morgan fingerprint density at radius 2 is 1.72 bits per heavy atom. The van der Waals surface area contributed by atoms with Gasteiger partial charge in [0, 0.05) is 6.54 Å². The van der Waals surface area contributed by atoms with Crippen LogP contribution >= 0.6 is 0 Å². The number of ether oxygens (including phenoxy) is 2. The number of amides is 1. The Labute approximate surface area is 147 Å². The maximum Gasteiger partial charge on any atom is 0.404 e. The zero-order valence-electron chi connectivity index (χ0n) is 14.1. The van der Waals surface area contributed by atoms with Crippen LogP contribution in [0.4, 0.5) is 4.79 Å². The number of benzene rings is 1. The van der Waals surface area contributed by atoms with Gasteiger partial charge in [-0.25, -0.2) is 4.79 Å². The first kappa shape index (κ1) is 21.2. The molecule has 25 heavy (non-hydrogen) atoms. The highest BCUT2D eigenvalue weighted by Crippen LogP contribution is 2.14. The Bertz CT molecular complexity index is 480. The van der Waals surface area contributed by atoms with E-state index < -0.39 is 18.3 Å². The molecule has 2 atom stereocenters. The summed E-state index contributed by atoms with van der Waals surface area (Å²) in [5.41, 5.74) is 1.13. The Morgan fingerprint density at radius 1 is 1.04 bits per heavy atom. The number of carbonyl (C=O) groups is 1. The van der Waals surface area contributed by atoms with E-state index in [4.69, 9.17) is 24.8 Å². The van der Waals surface area contributed by atoms with Crippen molar-refractivity contribution in [2.75, 3.05) is 33.0 Å².